The van der Waals surface area contributed by atoms with Gasteiger partial charge in [0.25, 0.3) is 5.91 Å². The Hall–Kier alpha value is -2.45. The Kier molecular flexibility index (Phi) is 6.15. The smallest absolute Gasteiger partial charge is 0.407 e. The number of carbonyl (C=O) groups excluding carboxylic acids is 4. The standard InChI is InChI=1S/C18H29N5O5/c1-17(2,3)28-15(26)21-12-9-7-6-8-11(12)18(20-10-24)13(19)22(4)16(27)23(5)14(18)25/h11-13H,6-9,19H2,1-5H3,(H,21,26)/t11-,12-,13?,18?/m1/s1. The first-order chi connectivity index (χ1) is 13.0. The van der Waals surface area contributed by atoms with Crippen LogP contribution < -0.4 is 11.1 Å². The average molecular weight is 395 g/mol. The number of alkyl carbamates (subject to hydrolysis) is 1. The largest absolute Gasteiger partial charge is 0.444 e. The van der Waals surface area contributed by atoms with Crippen molar-refractivity contribution in [3.05, 3.63) is 0 Å². The van der Waals surface area contributed by atoms with E-state index in [0.717, 1.165) is 17.7 Å². The van der Waals surface area contributed by atoms with Crippen LogP contribution in [0.3, 0.4) is 0 Å². The summed E-state index contributed by atoms with van der Waals surface area (Å²) in [5, 5.41) is 2.81. The van der Waals surface area contributed by atoms with Gasteiger partial charge in [0.15, 0.2) is 5.54 Å². The molecule has 28 heavy (non-hydrogen) atoms. The van der Waals surface area contributed by atoms with Crippen LogP contribution in [-0.2, 0) is 14.3 Å². The van der Waals surface area contributed by atoms with Crippen molar-refractivity contribution in [3.63, 3.8) is 0 Å². The van der Waals surface area contributed by atoms with Gasteiger partial charge in [-0.25, -0.2) is 14.4 Å². The fraction of sp³-hybridized carbons (Fsp3) is 0.778. The highest BCUT2D eigenvalue weighted by Crippen LogP contribution is 2.41. The van der Waals surface area contributed by atoms with E-state index in [1.165, 1.54) is 25.1 Å². The summed E-state index contributed by atoms with van der Waals surface area (Å²) in [6.07, 6.45) is 2.36. The number of nitrogens with zero attached hydrogens (tertiary/aromatic N) is 3. The zero-order valence-electron chi connectivity index (χ0n) is 17.0. The van der Waals surface area contributed by atoms with Crippen LogP contribution in [-0.4, -0.2) is 71.4 Å². The van der Waals surface area contributed by atoms with E-state index in [-0.39, 0.29) is 0 Å². The molecular weight excluding hydrogens is 366 g/mol. The van der Waals surface area contributed by atoms with Gasteiger partial charge in [-0.05, 0) is 33.6 Å². The average Bonchev–Trinajstić information content (AvgIpc) is 2.61. The lowest BCUT2D eigenvalue weighted by molar-refractivity contribution is -0.143. The molecule has 10 heteroatoms. The van der Waals surface area contributed by atoms with Crippen LogP contribution in [0.25, 0.3) is 0 Å². The molecule has 1 saturated carbocycles. The van der Waals surface area contributed by atoms with Gasteiger partial charge < -0.3 is 20.7 Å². The number of amides is 4. The first-order valence-electron chi connectivity index (χ1n) is 9.34. The Labute approximate surface area is 164 Å². The Bertz CT molecular complexity index is 699. The van der Waals surface area contributed by atoms with E-state index in [1.54, 1.807) is 20.8 Å². The molecule has 10 nitrogen and oxygen atoms in total. The molecule has 2 rings (SSSR count). The maximum Gasteiger partial charge on any atom is 0.407 e. The zero-order chi connectivity index (χ0) is 21.3. The minimum Gasteiger partial charge on any atom is -0.444 e. The van der Waals surface area contributed by atoms with Crippen LogP contribution in [0.1, 0.15) is 46.5 Å². The third-order valence-corrected chi connectivity index (χ3v) is 5.37. The number of nitrogens with two attached hydrogens (primary N) is 1. The van der Waals surface area contributed by atoms with Crippen molar-refractivity contribution in [3.8, 4) is 0 Å². The molecule has 1 heterocycles. The highest BCUT2D eigenvalue weighted by molar-refractivity contribution is 6.03. The predicted octanol–water partition coefficient (Wildman–Crippen LogP) is 0.953. The maximum absolute atomic E-state index is 13.1. The number of aliphatic imine (C=N–C) groups is 1. The molecule has 156 valence electrons. The van der Waals surface area contributed by atoms with E-state index in [0.29, 0.717) is 12.8 Å². The lowest BCUT2D eigenvalue weighted by Crippen LogP contribution is -2.75. The first-order valence-corrected chi connectivity index (χ1v) is 9.34. The third kappa shape index (κ3) is 3.88. The predicted molar refractivity (Wildman–Crippen MR) is 99.9 cm³/mol. The normalized spacial score (nSPS) is 31.3. The number of rotatable bonds is 3. The molecule has 0 aromatic rings. The molecular formula is C18H29N5O5. The number of hydrogen-bond donors (Lipinski definition) is 2. The molecule has 0 aromatic heterocycles. The van der Waals surface area contributed by atoms with E-state index in [2.05, 4.69) is 10.3 Å². The number of isocyanates is 1. The van der Waals surface area contributed by atoms with E-state index < -0.39 is 47.3 Å². The van der Waals surface area contributed by atoms with Crippen molar-refractivity contribution < 1.29 is 23.9 Å². The fourth-order valence-corrected chi connectivity index (χ4v) is 4.07. The van der Waals surface area contributed by atoms with Crippen LogP contribution in [0, 0.1) is 5.92 Å². The quantitative estimate of drug-likeness (QED) is 0.540. The van der Waals surface area contributed by atoms with Gasteiger partial charge in [0, 0.05) is 26.1 Å². The number of likely N-dealkylation sites (N-methyl/N-ethyl adjacent to an activating group) is 2. The topological polar surface area (TPSA) is 134 Å². The second-order valence-electron chi connectivity index (χ2n) is 8.37. The highest BCUT2D eigenvalue weighted by atomic mass is 16.6. The van der Waals surface area contributed by atoms with Gasteiger partial charge in [-0.2, -0.15) is 4.99 Å². The van der Waals surface area contributed by atoms with Crippen LogP contribution >= 0.6 is 0 Å². The monoisotopic (exact) mass is 395 g/mol. The molecule has 0 radical (unpaired) electrons. The van der Waals surface area contributed by atoms with Crippen molar-refractivity contribution in [1.82, 2.24) is 15.1 Å². The summed E-state index contributed by atoms with van der Waals surface area (Å²) in [6.45, 7) is 5.25. The molecule has 0 bridgehead atoms. The molecule has 1 aliphatic heterocycles. The minimum atomic E-state index is -1.72. The van der Waals surface area contributed by atoms with Gasteiger partial charge in [-0.3, -0.25) is 9.69 Å². The molecule has 4 atom stereocenters. The summed E-state index contributed by atoms with van der Waals surface area (Å²) < 4.78 is 5.33. The Morgan fingerprint density at radius 1 is 1.29 bits per heavy atom. The summed E-state index contributed by atoms with van der Waals surface area (Å²) in [5.41, 5.74) is 3.85. The van der Waals surface area contributed by atoms with Crippen LogP contribution in [0.5, 0.6) is 0 Å². The van der Waals surface area contributed by atoms with Crippen molar-refractivity contribution in [1.29, 1.82) is 0 Å². The lowest BCUT2D eigenvalue weighted by Gasteiger charge is -2.51. The number of hydrogen-bond acceptors (Lipinski definition) is 7. The number of carbonyl (C=O) groups is 3. The molecule has 0 spiro atoms. The van der Waals surface area contributed by atoms with Gasteiger partial charge in [-0.1, -0.05) is 12.8 Å². The van der Waals surface area contributed by atoms with Gasteiger partial charge >= 0.3 is 12.1 Å². The summed E-state index contributed by atoms with van der Waals surface area (Å²) in [5.74, 6) is -1.26. The number of ether oxygens (including phenoxy) is 1. The van der Waals surface area contributed by atoms with Crippen molar-refractivity contribution in [2.75, 3.05) is 14.1 Å². The molecule has 1 saturated heterocycles. The van der Waals surface area contributed by atoms with Gasteiger partial charge in [0.05, 0.1) is 0 Å². The van der Waals surface area contributed by atoms with Crippen molar-refractivity contribution in [2.24, 2.45) is 16.6 Å². The number of imide groups is 1. The SMILES string of the molecule is CN1C(=O)N(C)C(N)C(N=C=O)([C@@H]2CCCC[C@H]2NC(=O)OC(C)(C)C)C1=O. The van der Waals surface area contributed by atoms with E-state index in [1.807, 2.05) is 0 Å². The summed E-state index contributed by atoms with van der Waals surface area (Å²) in [4.78, 5) is 55.0. The Balaban J connectivity index is 2.44. The molecule has 3 N–H and O–H groups in total. The summed E-state index contributed by atoms with van der Waals surface area (Å²) >= 11 is 0. The maximum atomic E-state index is 13.1. The van der Waals surface area contributed by atoms with Gasteiger partial charge in [0.2, 0.25) is 6.08 Å². The molecule has 1 aliphatic carbocycles. The van der Waals surface area contributed by atoms with Crippen LogP contribution in [0.15, 0.2) is 4.99 Å². The van der Waals surface area contributed by atoms with Gasteiger partial charge in [0.1, 0.15) is 11.8 Å². The van der Waals surface area contributed by atoms with Crippen molar-refractivity contribution >= 4 is 24.1 Å². The van der Waals surface area contributed by atoms with E-state index in [4.69, 9.17) is 10.5 Å². The second kappa shape index (κ2) is 7.89. The fourth-order valence-electron chi connectivity index (χ4n) is 4.07. The van der Waals surface area contributed by atoms with Crippen LogP contribution in [0.2, 0.25) is 0 Å². The Morgan fingerprint density at radius 3 is 2.46 bits per heavy atom. The summed E-state index contributed by atoms with van der Waals surface area (Å²) in [6, 6.07) is -1.08. The molecule has 2 unspecified atom stereocenters. The van der Waals surface area contributed by atoms with E-state index >= 15 is 0 Å². The highest BCUT2D eigenvalue weighted by Gasteiger charge is 2.61. The molecule has 2 fully saturated rings. The van der Waals surface area contributed by atoms with Gasteiger partial charge in [-0.15, -0.1) is 0 Å². The lowest BCUT2D eigenvalue weighted by atomic mass is 9.68. The van der Waals surface area contributed by atoms with E-state index in [9.17, 15) is 19.2 Å². The van der Waals surface area contributed by atoms with Crippen molar-refractivity contribution in [2.45, 2.75) is 69.8 Å². The third-order valence-electron chi connectivity index (χ3n) is 5.37. The number of nitrogens with one attached hydrogen (secondary N) is 1. The molecule has 2 aliphatic rings. The number of urea groups is 1. The molecule has 4 amide bonds. The molecule has 0 aromatic carbocycles. The first kappa shape index (κ1) is 21.8. The minimum absolute atomic E-state index is 0.495. The second-order valence-corrected chi connectivity index (χ2v) is 8.37. The van der Waals surface area contributed by atoms with Crippen LogP contribution in [0.4, 0.5) is 9.59 Å². The Morgan fingerprint density at radius 2 is 1.89 bits per heavy atom. The zero-order valence-corrected chi connectivity index (χ0v) is 17.0. The summed E-state index contributed by atoms with van der Waals surface area (Å²) in [7, 11) is 2.77.